The number of carbonyl (C=O) groups excluding carboxylic acids is 1. The lowest BCUT2D eigenvalue weighted by atomic mass is 9.92. The monoisotopic (exact) mass is 291 g/mol. The number of amides is 2. The van der Waals surface area contributed by atoms with E-state index in [2.05, 4.69) is 5.32 Å². The SMILES string of the molecule is CC1=C(C(C)(C)C)N2C(NC(=O)N(C)S2(=O)=O)S1. The maximum atomic E-state index is 12.4. The van der Waals surface area contributed by atoms with Gasteiger partial charge in [-0.05, 0) is 6.92 Å². The molecule has 0 bridgehead atoms. The van der Waals surface area contributed by atoms with Crippen molar-refractivity contribution in [1.29, 1.82) is 0 Å². The number of rotatable bonds is 0. The number of thioether (sulfide) groups is 1. The maximum Gasteiger partial charge on any atom is 0.334 e. The van der Waals surface area contributed by atoms with Gasteiger partial charge in [0, 0.05) is 23.1 Å². The molecular formula is C10H17N3O3S2. The Labute approximate surface area is 112 Å². The van der Waals surface area contributed by atoms with Gasteiger partial charge in [0.25, 0.3) is 0 Å². The van der Waals surface area contributed by atoms with E-state index in [1.807, 2.05) is 27.7 Å². The number of allylic oxidation sites excluding steroid dienone is 2. The molecule has 8 heteroatoms. The molecule has 0 aromatic heterocycles. The summed E-state index contributed by atoms with van der Waals surface area (Å²) in [4.78, 5) is 12.5. The summed E-state index contributed by atoms with van der Waals surface area (Å²) in [6, 6.07) is -0.591. The lowest BCUT2D eigenvalue weighted by Gasteiger charge is -2.40. The first-order chi connectivity index (χ1) is 8.06. The van der Waals surface area contributed by atoms with E-state index >= 15 is 0 Å². The third-order valence-electron chi connectivity index (χ3n) is 2.89. The number of nitrogens with zero attached hydrogens (tertiary/aromatic N) is 2. The first-order valence-electron chi connectivity index (χ1n) is 5.53. The van der Waals surface area contributed by atoms with Crippen LogP contribution in [0.2, 0.25) is 0 Å². The molecule has 102 valence electrons. The van der Waals surface area contributed by atoms with Crippen LogP contribution >= 0.6 is 11.8 Å². The highest BCUT2D eigenvalue weighted by atomic mass is 32.2. The summed E-state index contributed by atoms with van der Waals surface area (Å²) < 4.78 is 26.8. The van der Waals surface area contributed by atoms with E-state index in [1.54, 1.807) is 0 Å². The Morgan fingerprint density at radius 3 is 2.39 bits per heavy atom. The van der Waals surface area contributed by atoms with Crippen LogP contribution < -0.4 is 5.32 Å². The first kappa shape index (κ1) is 13.5. The number of hydrogen-bond donors (Lipinski definition) is 1. The summed E-state index contributed by atoms with van der Waals surface area (Å²) in [5.41, 5.74) is -0.126. The molecule has 1 N–H and O–H groups in total. The minimum Gasteiger partial charge on any atom is -0.307 e. The normalized spacial score (nSPS) is 27.4. The van der Waals surface area contributed by atoms with Crippen LogP contribution in [0.1, 0.15) is 27.7 Å². The molecular weight excluding hydrogens is 274 g/mol. The molecule has 2 amide bonds. The van der Waals surface area contributed by atoms with Crippen LogP contribution in [0, 0.1) is 5.41 Å². The van der Waals surface area contributed by atoms with Crippen LogP contribution in [-0.2, 0) is 10.2 Å². The fourth-order valence-electron chi connectivity index (χ4n) is 2.16. The van der Waals surface area contributed by atoms with Gasteiger partial charge in [0.1, 0.15) is 0 Å². The molecule has 0 radical (unpaired) electrons. The number of fused-ring (bicyclic) bond motifs is 1. The van der Waals surface area contributed by atoms with Crippen LogP contribution in [0.5, 0.6) is 0 Å². The Morgan fingerprint density at radius 1 is 1.33 bits per heavy atom. The van der Waals surface area contributed by atoms with E-state index < -0.39 is 21.7 Å². The van der Waals surface area contributed by atoms with E-state index in [4.69, 9.17) is 0 Å². The predicted molar refractivity (Wildman–Crippen MR) is 70.6 cm³/mol. The average molecular weight is 291 g/mol. The van der Waals surface area contributed by atoms with Gasteiger partial charge in [-0.2, -0.15) is 8.42 Å². The highest BCUT2D eigenvalue weighted by Crippen LogP contribution is 2.47. The molecule has 2 aliphatic heterocycles. The second-order valence-electron chi connectivity index (χ2n) is 5.35. The van der Waals surface area contributed by atoms with Crippen molar-refractivity contribution in [2.45, 2.75) is 33.2 Å². The van der Waals surface area contributed by atoms with E-state index in [9.17, 15) is 13.2 Å². The van der Waals surface area contributed by atoms with Gasteiger partial charge >= 0.3 is 16.2 Å². The fourth-order valence-corrected chi connectivity index (χ4v) is 5.35. The van der Waals surface area contributed by atoms with Crippen LogP contribution in [0.4, 0.5) is 4.79 Å². The van der Waals surface area contributed by atoms with Crippen LogP contribution in [0.15, 0.2) is 10.6 Å². The predicted octanol–water partition coefficient (Wildman–Crippen LogP) is 1.50. The summed E-state index contributed by atoms with van der Waals surface area (Å²) in [7, 11) is -2.51. The standard InChI is InChI=1S/C10H17N3O3S2/c1-6-7(10(2,3)4)13-9(17-6)11-8(14)12(5)18(13,15)16/h9H,1-5H3,(H,11,14). The van der Waals surface area contributed by atoms with Crippen molar-refractivity contribution in [3.63, 3.8) is 0 Å². The van der Waals surface area contributed by atoms with Gasteiger partial charge in [-0.15, -0.1) is 0 Å². The van der Waals surface area contributed by atoms with Crippen molar-refractivity contribution in [2.24, 2.45) is 5.41 Å². The van der Waals surface area contributed by atoms with Crippen molar-refractivity contribution in [1.82, 2.24) is 13.9 Å². The van der Waals surface area contributed by atoms with E-state index in [0.29, 0.717) is 0 Å². The molecule has 6 nitrogen and oxygen atoms in total. The third kappa shape index (κ3) is 1.78. The highest BCUT2D eigenvalue weighted by molar-refractivity contribution is 8.04. The summed E-state index contributed by atoms with van der Waals surface area (Å²) >= 11 is 1.36. The van der Waals surface area contributed by atoms with Gasteiger partial charge in [-0.1, -0.05) is 32.5 Å². The molecule has 2 aliphatic rings. The van der Waals surface area contributed by atoms with Gasteiger partial charge in [0.15, 0.2) is 5.50 Å². The molecule has 0 saturated carbocycles. The quantitative estimate of drug-likeness (QED) is 0.734. The highest BCUT2D eigenvalue weighted by Gasteiger charge is 2.50. The molecule has 0 spiro atoms. The molecule has 1 unspecified atom stereocenters. The Bertz CT molecular complexity index is 533. The topological polar surface area (TPSA) is 69.7 Å². The fraction of sp³-hybridized carbons (Fsp3) is 0.700. The molecule has 0 aromatic carbocycles. The van der Waals surface area contributed by atoms with Gasteiger partial charge < -0.3 is 5.32 Å². The van der Waals surface area contributed by atoms with E-state index in [-0.39, 0.29) is 5.41 Å². The third-order valence-corrected chi connectivity index (χ3v) is 5.87. The van der Waals surface area contributed by atoms with Crippen molar-refractivity contribution < 1.29 is 13.2 Å². The Balaban J connectivity index is 2.55. The van der Waals surface area contributed by atoms with Crippen LogP contribution in [0.25, 0.3) is 0 Å². The minimum atomic E-state index is -3.78. The summed E-state index contributed by atoms with van der Waals surface area (Å²) in [5.74, 6) is 0. The summed E-state index contributed by atoms with van der Waals surface area (Å²) in [6.07, 6.45) is 0. The molecule has 2 rings (SSSR count). The van der Waals surface area contributed by atoms with Gasteiger partial charge in [0.2, 0.25) is 0 Å². The first-order valence-corrected chi connectivity index (χ1v) is 7.81. The molecule has 1 atom stereocenters. The Kier molecular flexibility index (Phi) is 2.86. The number of hydrogen-bond acceptors (Lipinski definition) is 4. The Morgan fingerprint density at radius 2 is 1.89 bits per heavy atom. The maximum absolute atomic E-state index is 12.4. The molecule has 18 heavy (non-hydrogen) atoms. The zero-order valence-corrected chi connectivity index (χ0v) is 12.6. The van der Waals surface area contributed by atoms with Gasteiger partial charge in [-0.3, -0.25) is 0 Å². The Hall–Kier alpha value is -0.890. The van der Waals surface area contributed by atoms with Crippen molar-refractivity contribution in [3.8, 4) is 0 Å². The second kappa shape index (κ2) is 3.80. The summed E-state index contributed by atoms with van der Waals surface area (Å²) in [5, 5.41) is 2.67. The molecule has 1 saturated heterocycles. The molecule has 0 aromatic rings. The minimum absolute atomic E-state index is 0.304. The molecule has 0 aliphatic carbocycles. The lowest BCUT2D eigenvalue weighted by molar-refractivity contribution is 0.207. The lowest BCUT2D eigenvalue weighted by Crippen LogP contribution is -2.61. The van der Waals surface area contributed by atoms with Crippen molar-refractivity contribution in [2.75, 3.05) is 7.05 Å². The summed E-state index contributed by atoms with van der Waals surface area (Å²) in [6.45, 7) is 7.76. The smallest absolute Gasteiger partial charge is 0.307 e. The number of nitrogens with one attached hydrogen (secondary N) is 1. The number of carbonyl (C=O) groups is 1. The van der Waals surface area contributed by atoms with Crippen molar-refractivity contribution in [3.05, 3.63) is 10.6 Å². The van der Waals surface area contributed by atoms with Gasteiger partial charge in [-0.25, -0.2) is 13.4 Å². The molecule has 2 heterocycles. The van der Waals surface area contributed by atoms with Crippen LogP contribution in [-0.4, -0.2) is 35.6 Å². The molecule has 1 fully saturated rings. The van der Waals surface area contributed by atoms with Crippen LogP contribution in [0.3, 0.4) is 0 Å². The number of urea groups is 1. The van der Waals surface area contributed by atoms with Crippen molar-refractivity contribution >= 4 is 28.0 Å². The zero-order chi connectivity index (χ0) is 13.9. The second-order valence-corrected chi connectivity index (χ2v) is 8.48. The van der Waals surface area contributed by atoms with E-state index in [0.717, 1.165) is 14.9 Å². The van der Waals surface area contributed by atoms with E-state index in [1.165, 1.54) is 23.1 Å². The van der Waals surface area contributed by atoms with Gasteiger partial charge in [0.05, 0.1) is 0 Å². The largest absolute Gasteiger partial charge is 0.334 e. The average Bonchev–Trinajstić information content (AvgIpc) is 2.52. The zero-order valence-electron chi connectivity index (χ0n) is 11.0.